The Bertz CT molecular complexity index is 301. The van der Waals surface area contributed by atoms with E-state index in [0.29, 0.717) is 6.61 Å². The molecule has 0 unspecified atom stereocenters. The molecule has 0 saturated heterocycles. The third-order valence-corrected chi connectivity index (χ3v) is 10.5. The van der Waals surface area contributed by atoms with Crippen LogP contribution in [0.3, 0.4) is 0 Å². The molecule has 4 heteroatoms. The van der Waals surface area contributed by atoms with Crippen LogP contribution >= 0.6 is 0 Å². The Morgan fingerprint density at radius 2 is 1.53 bits per heavy atom. The Morgan fingerprint density at radius 3 is 1.88 bits per heavy atom. The number of esters is 1. The van der Waals surface area contributed by atoms with Crippen LogP contribution in [0.1, 0.15) is 6.92 Å². The van der Waals surface area contributed by atoms with Gasteiger partial charge in [0.25, 0.3) is 0 Å². The Labute approximate surface area is 108 Å². The molecular weight excluding hydrogens is 244 g/mol. The van der Waals surface area contributed by atoms with Crippen LogP contribution in [-0.2, 0) is 9.53 Å². The predicted molar refractivity (Wildman–Crippen MR) is 80.5 cm³/mol. The highest BCUT2D eigenvalue weighted by atomic mass is 28.4. The molecule has 0 heterocycles. The van der Waals surface area contributed by atoms with Crippen molar-refractivity contribution in [1.29, 1.82) is 0 Å². The molecule has 17 heavy (non-hydrogen) atoms. The standard InChI is InChI=1S/C13H26O2Si2/c1-8-15-12(14)10-9-11-13(16(2,3)4)17(5,6)7/h9-11H,8H2,1-7H3/b10-9-. The third-order valence-electron chi connectivity index (χ3n) is 2.40. The Balaban J connectivity index is 4.92. The number of allylic oxidation sites excluding steroid dienone is 2. The number of rotatable bonds is 5. The Kier molecular flexibility index (Phi) is 6.12. The fourth-order valence-corrected chi connectivity index (χ4v) is 12.2. The number of ether oxygens (including phenoxy) is 1. The lowest BCUT2D eigenvalue weighted by molar-refractivity contribution is -0.137. The highest BCUT2D eigenvalue weighted by molar-refractivity contribution is 7.04. The topological polar surface area (TPSA) is 26.3 Å². The molecule has 0 spiro atoms. The monoisotopic (exact) mass is 270 g/mol. The van der Waals surface area contributed by atoms with Gasteiger partial charge in [-0.2, -0.15) is 0 Å². The van der Waals surface area contributed by atoms with Gasteiger partial charge in [-0.1, -0.05) is 56.3 Å². The average molecular weight is 271 g/mol. The molecule has 0 aromatic rings. The first-order chi connectivity index (χ1) is 7.59. The second-order valence-electron chi connectivity index (χ2n) is 6.19. The normalized spacial score (nSPS) is 12.6. The van der Waals surface area contributed by atoms with Crippen LogP contribution < -0.4 is 0 Å². The van der Waals surface area contributed by atoms with Crippen LogP contribution in [0, 0.1) is 0 Å². The largest absolute Gasteiger partial charge is 0.463 e. The summed E-state index contributed by atoms with van der Waals surface area (Å²) in [6, 6.07) is 0. The smallest absolute Gasteiger partial charge is 0.330 e. The summed E-state index contributed by atoms with van der Waals surface area (Å²) in [5.74, 6) is -0.255. The molecule has 0 fully saturated rings. The minimum absolute atomic E-state index is 0.255. The fraction of sp³-hybridized carbons (Fsp3) is 0.615. The van der Waals surface area contributed by atoms with Gasteiger partial charge < -0.3 is 4.74 Å². The molecule has 0 rings (SSSR count). The number of hydrogen-bond donors (Lipinski definition) is 0. The van der Waals surface area contributed by atoms with Gasteiger partial charge in [-0.3, -0.25) is 0 Å². The van der Waals surface area contributed by atoms with Gasteiger partial charge in [0.2, 0.25) is 0 Å². The quantitative estimate of drug-likeness (QED) is 0.329. The van der Waals surface area contributed by atoms with Crippen molar-refractivity contribution < 1.29 is 9.53 Å². The van der Waals surface area contributed by atoms with Crippen molar-refractivity contribution in [1.82, 2.24) is 0 Å². The van der Waals surface area contributed by atoms with Gasteiger partial charge in [-0.05, 0) is 6.92 Å². The second kappa shape index (κ2) is 6.35. The SMILES string of the molecule is CCOC(=O)/C=C\C=C([Si](C)(C)C)[Si](C)(C)C. The summed E-state index contributed by atoms with van der Waals surface area (Å²) in [6.07, 6.45) is 5.52. The molecule has 0 saturated carbocycles. The number of carbonyl (C=O) groups excluding carboxylic acids is 1. The van der Waals surface area contributed by atoms with Crippen molar-refractivity contribution in [2.75, 3.05) is 6.61 Å². The van der Waals surface area contributed by atoms with E-state index in [2.05, 4.69) is 45.4 Å². The van der Waals surface area contributed by atoms with Gasteiger partial charge in [-0.25, -0.2) is 4.79 Å². The first kappa shape index (κ1) is 16.4. The second-order valence-corrected chi connectivity index (χ2v) is 16.8. The van der Waals surface area contributed by atoms with E-state index in [1.165, 1.54) is 6.08 Å². The number of hydrogen-bond acceptors (Lipinski definition) is 2. The van der Waals surface area contributed by atoms with Crippen molar-refractivity contribution in [2.45, 2.75) is 46.2 Å². The van der Waals surface area contributed by atoms with E-state index in [9.17, 15) is 4.79 Å². The first-order valence-corrected chi connectivity index (χ1v) is 13.1. The maximum absolute atomic E-state index is 11.2. The van der Waals surface area contributed by atoms with Crippen molar-refractivity contribution in [3.05, 3.63) is 23.0 Å². The predicted octanol–water partition coefficient (Wildman–Crippen LogP) is 3.79. The van der Waals surface area contributed by atoms with Gasteiger partial charge in [-0.15, -0.1) is 0 Å². The molecule has 98 valence electrons. The molecule has 0 aromatic heterocycles. The zero-order chi connectivity index (χ0) is 13.7. The molecular formula is C13H26O2Si2. The summed E-state index contributed by atoms with van der Waals surface area (Å²) < 4.78 is 4.86. The van der Waals surface area contributed by atoms with E-state index in [1.807, 2.05) is 13.0 Å². The summed E-state index contributed by atoms with van der Waals surface area (Å²) in [6.45, 7) is 16.4. The molecule has 0 aromatic carbocycles. The van der Waals surface area contributed by atoms with Crippen LogP contribution in [-0.4, -0.2) is 28.7 Å². The van der Waals surface area contributed by atoms with Crippen molar-refractivity contribution in [2.24, 2.45) is 0 Å². The lowest BCUT2D eigenvalue weighted by Gasteiger charge is -2.31. The van der Waals surface area contributed by atoms with Crippen molar-refractivity contribution in [3.63, 3.8) is 0 Å². The Morgan fingerprint density at radius 1 is 1.06 bits per heavy atom. The molecule has 0 amide bonds. The first-order valence-electron chi connectivity index (χ1n) is 6.15. The molecule has 0 radical (unpaired) electrons. The van der Waals surface area contributed by atoms with E-state index in [1.54, 1.807) is 4.82 Å². The van der Waals surface area contributed by atoms with Crippen LogP contribution in [0.2, 0.25) is 39.3 Å². The highest BCUT2D eigenvalue weighted by Crippen LogP contribution is 2.25. The van der Waals surface area contributed by atoms with E-state index in [0.717, 1.165) is 0 Å². The summed E-state index contributed by atoms with van der Waals surface area (Å²) in [5, 5.41) is 0. The van der Waals surface area contributed by atoms with E-state index in [-0.39, 0.29) is 5.97 Å². The zero-order valence-corrected chi connectivity index (χ0v) is 14.3. The average Bonchev–Trinajstić information content (AvgIpc) is 2.08. The highest BCUT2D eigenvalue weighted by Gasteiger charge is 2.30. The van der Waals surface area contributed by atoms with Gasteiger partial charge in [0.1, 0.15) is 0 Å². The summed E-state index contributed by atoms with van der Waals surface area (Å²) in [7, 11) is -2.59. The zero-order valence-electron chi connectivity index (χ0n) is 12.3. The molecule has 0 bridgehead atoms. The van der Waals surface area contributed by atoms with Crippen LogP contribution in [0.25, 0.3) is 0 Å². The van der Waals surface area contributed by atoms with E-state index >= 15 is 0 Å². The van der Waals surface area contributed by atoms with Crippen LogP contribution in [0.4, 0.5) is 0 Å². The summed E-state index contributed by atoms with van der Waals surface area (Å²) in [5.41, 5.74) is 0. The van der Waals surface area contributed by atoms with Crippen LogP contribution in [0.15, 0.2) is 23.0 Å². The molecule has 0 N–H and O–H groups in total. The molecule has 0 aliphatic heterocycles. The number of carbonyl (C=O) groups is 1. The van der Waals surface area contributed by atoms with E-state index < -0.39 is 16.1 Å². The van der Waals surface area contributed by atoms with Gasteiger partial charge in [0.05, 0.1) is 22.8 Å². The summed E-state index contributed by atoms with van der Waals surface area (Å²) in [4.78, 5) is 12.8. The maximum Gasteiger partial charge on any atom is 0.330 e. The lowest BCUT2D eigenvalue weighted by atomic mass is 10.5. The van der Waals surface area contributed by atoms with Crippen LogP contribution in [0.5, 0.6) is 0 Å². The van der Waals surface area contributed by atoms with Gasteiger partial charge in [0.15, 0.2) is 0 Å². The van der Waals surface area contributed by atoms with Crippen molar-refractivity contribution in [3.8, 4) is 0 Å². The fourth-order valence-electron chi connectivity index (χ4n) is 2.04. The maximum atomic E-state index is 11.2. The molecule has 0 atom stereocenters. The minimum Gasteiger partial charge on any atom is -0.463 e. The molecule has 2 nitrogen and oxygen atoms in total. The lowest BCUT2D eigenvalue weighted by Crippen LogP contribution is -2.39. The van der Waals surface area contributed by atoms with Crippen molar-refractivity contribution >= 4 is 22.1 Å². The van der Waals surface area contributed by atoms with E-state index in [4.69, 9.17) is 4.74 Å². The molecule has 0 aliphatic carbocycles. The van der Waals surface area contributed by atoms with Gasteiger partial charge >= 0.3 is 5.97 Å². The molecule has 0 aliphatic rings. The minimum atomic E-state index is -1.29. The summed E-state index contributed by atoms with van der Waals surface area (Å²) >= 11 is 0. The Hall–Kier alpha value is -0.616. The van der Waals surface area contributed by atoms with Gasteiger partial charge in [0, 0.05) is 6.08 Å². The third kappa shape index (κ3) is 6.63.